The van der Waals surface area contributed by atoms with Crippen LogP contribution in [0.4, 0.5) is 4.39 Å². The Balaban J connectivity index is 1.86. The average molecular weight is 395 g/mol. The van der Waals surface area contributed by atoms with Gasteiger partial charge in [-0.05, 0) is 50.2 Å². The van der Waals surface area contributed by atoms with Crippen molar-refractivity contribution in [2.75, 3.05) is 7.11 Å². The van der Waals surface area contributed by atoms with E-state index in [4.69, 9.17) is 4.74 Å². The van der Waals surface area contributed by atoms with Gasteiger partial charge in [-0.3, -0.25) is 9.59 Å². The van der Waals surface area contributed by atoms with Gasteiger partial charge in [0, 0.05) is 23.7 Å². The van der Waals surface area contributed by atoms with Gasteiger partial charge < -0.3 is 10.1 Å². The lowest BCUT2D eigenvalue weighted by Crippen LogP contribution is -2.49. The van der Waals surface area contributed by atoms with Crippen LogP contribution in [0.15, 0.2) is 65.5 Å². The van der Waals surface area contributed by atoms with Crippen LogP contribution in [0.25, 0.3) is 11.3 Å². The molecule has 29 heavy (non-hydrogen) atoms. The molecule has 0 saturated heterocycles. The largest absolute Gasteiger partial charge is 0.496 e. The molecule has 1 heterocycles. The van der Waals surface area contributed by atoms with E-state index in [1.54, 1.807) is 39.2 Å². The second kappa shape index (κ2) is 8.26. The van der Waals surface area contributed by atoms with Crippen molar-refractivity contribution in [3.8, 4) is 17.0 Å². The van der Waals surface area contributed by atoms with E-state index in [2.05, 4.69) is 10.4 Å². The van der Waals surface area contributed by atoms with E-state index >= 15 is 0 Å². The van der Waals surface area contributed by atoms with Crippen molar-refractivity contribution < 1.29 is 13.9 Å². The lowest BCUT2D eigenvalue weighted by Gasteiger charge is -2.25. The fraction of sp³-hybridized carbons (Fsp3) is 0.227. The van der Waals surface area contributed by atoms with E-state index in [1.165, 1.54) is 18.2 Å². The second-order valence-electron chi connectivity index (χ2n) is 7.03. The Morgan fingerprint density at radius 1 is 1.10 bits per heavy atom. The van der Waals surface area contributed by atoms with E-state index in [-0.39, 0.29) is 18.3 Å². The highest BCUT2D eigenvalue weighted by atomic mass is 19.1. The van der Waals surface area contributed by atoms with Crippen LogP contribution in [0.5, 0.6) is 5.75 Å². The zero-order chi connectivity index (χ0) is 21.0. The molecule has 0 aliphatic rings. The lowest BCUT2D eigenvalue weighted by molar-refractivity contribution is -0.129. The monoisotopic (exact) mass is 395 g/mol. The fourth-order valence-electron chi connectivity index (χ4n) is 2.92. The standard InChI is InChI=1S/C22H22FN3O3/c1-22(2,21(28)24-14-16-6-4-5-7-19(16)29-3)26-20(27)13-12-18(25-26)15-8-10-17(23)11-9-15/h4-13H,14H2,1-3H3,(H,24,28). The molecule has 7 heteroatoms. The van der Waals surface area contributed by atoms with Crippen LogP contribution in [0.3, 0.4) is 0 Å². The van der Waals surface area contributed by atoms with Crippen molar-refractivity contribution in [1.29, 1.82) is 0 Å². The van der Waals surface area contributed by atoms with Gasteiger partial charge in [0.15, 0.2) is 0 Å². The Kier molecular flexibility index (Phi) is 5.77. The summed E-state index contributed by atoms with van der Waals surface area (Å²) in [5.74, 6) is -0.0633. The molecule has 0 saturated carbocycles. The average Bonchev–Trinajstić information content (AvgIpc) is 2.73. The molecule has 0 aliphatic heterocycles. The number of methoxy groups -OCH3 is 1. The third-order valence-corrected chi connectivity index (χ3v) is 4.66. The highest BCUT2D eigenvalue weighted by molar-refractivity contribution is 5.83. The van der Waals surface area contributed by atoms with Crippen LogP contribution >= 0.6 is 0 Å². The van der Waals surface area contributed by atoms with Gasteiger partial charge in [0.1, 0.15) is 17.1 Å². The van der Waals surface area contributed by atoms with Crippen molar-refractivity contribution in [2.24, 2.45) is 0 Å². The molecular formula is C22H22FN3O3. The zero-order valence-electron chi connectivity index (χ0n) is 16.5. The molecule has 3 aromatic rings. The highest BCUT2D eigenvalue weighted by Crippen LogP contribution is 2.20. The zero-order valence-corrected chi connectivity index (χ0v) is 16.5. The van der Waals surface area contributed by atoms with E-state index in [0.29, 0.717) is 17.0 Å². The third kappa shape index (κ3) is 4.34. The molecule has 2 aromatic carbocycles. The van der Waals surface area contributed by atoms with Crippen molar-refractivity contribution in [3.63, 3.8) is 0 Å². The summed E-state index contributed by atoms with van der Waals surface area (Å²) in [5, 5.41) is 7.19. The summed E-state index contributed by atoms with van der Waals surface area (Å²) in [6.07, 6.45) is 0. The number of aromatic nitrogens is 2. The molecule has 1 aromatic heterocycles. The summed E-state index contributed by atoms with van der Waals surface area (Å²) >= 11 is 0. The molecule has 6 nitrogen and oxygen atoms in total. The molecule has 1 amide bonds. The fourth-order valence-corrected chi connectivity index (χ4v) is 2.92. The summed E-state index contributed by atoms with van der Waals surface area (Å²) in [5.41, 5.74) is 0.281. The third-order valence-electron chi connectivity index (χ3n) is 4.66. The maximum Gasteiger partial charge on any atom is 0.267 e. The number of nitrogens with one attached hydrogen (secondary N) is 1. The van der Waals surface area contributed by atoms with Gasteiger partial charge in [0.2, 0.25) is 5.91 Å². The molecular weight excluding hydrogens is 373 g/mol. The predicted molar refractivity (Wildman–Crippen MR) is 108 cm³/mol. The molecule has 0 radical (unpaired) electrons. The molecule has 0 bridgehead atoms. The van der Waals surface area contributed by atoms with Crippen molar-refractivity contribution in [3.05, 3.63) is 82.4 Å². The number of halogens is 1. The molecule has 0 atom stereocenters. The number of amides is 1. The number of ether oxygens (including phenoxy) is 1. The SMILES string of the molecule is COc1ccccc1CNC(=O)C(C)(C)n1nc(-c2ccc(F)cc2)ccc1=O. The number of carbonyl (C=O) groups is 1. The molecule has 0 unspecified atom stereocenters. The van der Waals surface area contributed by atoms with Crippen LogP contribution in [0, 0.1) is 5.82 Å². The van der Waals surface area contributed by atoms with Gasteiger partial charge in [-0.25, -0.2) is 9.07 Å². The molecule has 0 fully saturated rings. The number of hydrogen-bond donors (Lipinski definition) is 1. The van der Waals surface area contributed by atoms with Gasteiger partial charge >= 0.3 is 0 Å². The summed E-state index contributed by atoms with van der Waals surface area (Å²) < 4.78 is 19.6. The quantitative estimate of drug-likeness (QED) is 0.696. The number of para-hydroxylation sites is 1. The minimum Gasteiger partial charge on any atom is -0.496 e. The van der Waals surface area contributed by atoms with Crippen LogP contribution in [-0.4, -0.2) is 22.8 Å². The van der Waals surface area contributed by atoms with Gasteiger partial charge in [0.25, 0.3) is 5.56 Å². The molecule has 150 valence electrons. The van der Waals surface area contributed by atoms with Gasteiger partial charge in [-0.1, -0.05) is 18.2 Å². The molecule has 3 rings (SSSR count). The van der Waals surface area contributed by atoms with Gasteiger partial charge in [-0.15, -0.1) is 0 Å². The number of benzene rings is 2. The first-order chi connectivity index (χ1) is 13.8. The Morgan fingerprint density at radius 2 is 1.79 bits per heavy atom. The van der Waals surface area contributed by atoms with E-state index in [0.717, 1.165) is 10.2 Å². The highest BCUT2D eigenvalue weighted by Gasteiger charge is 2.32. The van der Waals surface area contributed by atoms with Gasteiger partial charge in [0.05, 0.1) is 12.8 Å². The molecule has 0 spiro atoms. The van der Waals surface area contributed by atoms with E-state index < -0.39 is 11.1 Å². The Hall–Kier alpha value is -3.48. The molecule has 0 aliphatic carbocycles. The Bertz CT molecular complexity index is 1080. The second-order valence-corrected chi connectivity index (χ2v) is 7.03. The van der Waals surface area contributed by atoms with Crippen LogP contribution in [0.1, 0.15) is 19.4 Å². The van der Waals surface area contributed by atoms with Crippen molar-refractivity contribution in [1.82, 2.24) is 15.1 Å². The summed E-state index contributed by atoms with van der Waals surface area (Å²) in [4.78, 5) is 25.3. The topological polar surface area (TPSA) is 73.2 Å². The van der Waals surface area contributed by atoms with Crippen molar-refractivity contribution in [2.45, 2.75) is 25.9 Å². The number of carbonyl (C=O) groups excluding carboxylic acids is 1. The minimum absolute atomic E-state index is 0.249. The van der Waals surface area contributed by atoms with Gasteiger partial charge in [-0.2, -0.15) is 5.10 Å². The van der Waals surface area contributed by atoms with E-state index in [9.17, 15) is 14.0 Å². The van der Waals surface area contributed by atoms with Crippen LogP contribution < -0.4 is 15.6 Å². The maximum absolute atomic E-state index is 13.2. The minimum atomic E-state index is -1.24. The maximum atomic E-state index is 13.2. The Labute approximate surface area is 168 Å². The smallest absolute Gasteiger partial charge is 0.267 e. The molecule has 1 N–H and O–H groups in total. The first-order valence-corrected chi connectivity index (χ1v) is 9.10. The Morgan fingerprint density at radius 3 is 2.48 bits per heavy atom. The summed E-state index contributed by atoms with van der Waals surface area (Å²) in [6.45, 7) is 3.49. The lowest BCUT2D eigenvalue weighted by atomic mass is 10.0. The number of hydrogen-bond acceptors (Lipinski definition) is 4. The summed E-state index contributed by atoms with van der Waals surface area (Å²) in [6, 6.07) is 16.0. The number of rotatable bonds is 6. The first-order valence-electron chi connectivity index (χ1n) is 9.10. The van der Waals surface area contributed by atoms with Crippen LogP contribution in [-0.2, 0) is 16.9 Å². The summed E-state index contributed by atoms with van der Waals surface area (Å²) in [7, 11) is 1.56. The predicted octanol–water partition coefficient (Wildman–Crippen LogP) is 3.11. The number of nitrogens with zero attached hydrogens (tertiary/aromatic N) is 2. The van der Waals surface area contributed by atoms with E-state index in [1.807, 2.05) is 24.3 Å². The van der Waals surface area contributed by atoms with Crippen molar-refractivity contribution >= 4 is 5.91 Å². The first kappa shape index (κ1) is 20.3. The normalized spacial score (nSPS) is 11.2. The van der Waals surface area contributed by atoms with Crippen LogP contribution in [0.2, 0.25) is 0 Å².